The van der Waals surface area contributed by atoms with Crippen molar-refractivity contribution in [1.29, 1.82) is 0 Å². The third-order valence-corrected chi connectivity index (χ3v) is 4.37. The zero-order chi connectivity index (χ0) is 17.8. The largest absolute Gasteiger partial charge is 0.507 e. The van der Waals surface area contributed by atoms with Gasteiger partial charge in [0.25, 0.3) is 5.91 Å². The lowest BCUT2D eigenvalue weighted by atomic mass is 10.1. The number of ether oxygens (including phenoxy) is 1. The van der Waals surface area contributed by atoms with Crippen LogP contribution in [0.1, 0.15) is 28.2 Å². The maximum Gasteiger partial charge on any atom is 0.257 e. The summed E-state index contributed by atoms with van der Waals surface area (Å²) in [6.45, 7) is 5.52. The summed E-state index contributed by atoms with van der Waals surface area (Å²) in [5.74, 6) is 1.12. The molecule has 3 rings (SSSR count). The average Bonchev–Trinajstić information content (AvgIpc) is 2.87. The maximum atomic E-state index is 12.7. The number of hydrogen-bond donors (Lipinski definition) is 1. The van der Waals surface area contributed by atoms with Gasteiger partial charge in [-0.3, -0.25) is 9.69 Å². The van der Waals surface area contributed by atoms with Crippen LogP contribution in [0.5, 0.6) is 11.5 Å². The number of aromatic hydroxyl groups is 1. The van der Waals surface area contributed by atoms with Crippen LogP contribution in [0, 0.1) is 6.92 Å². The number of rotatable bonds is 4. The van der Waals surface area contributed by atoms with Crippen LogP contribution >= 0.6 is 0 Å². The predicted molar refractivity (Wildman–Crippen MR) is 91.7 cm³/mol. The molecule has 1 N–H and O–H groups in total. The van der Waals surface area contributed by atoms with Gasteiger partial charge in [0.05, 0.1) is 18.4 Å². The quantitative estimate of drug-likeness (QED) is 0.914. The first-order valence-corrected chi connectivity index (χ1v) is 8.37. The van der Waals surface area contributed by atoms with E-state index < -0.39 is 0 Å². The first kappa shape index (κ1) is 17.3. The number of carbonyl (C=O) groups is 1. The Morgan fingerprint density at radius 1 is 1.28 bits per heavy atom. The zero-order valence-corrected chi connectivity index (χ0v) is 14.6. The molecule has 25 heavy (non-hydrogen) atoms. The Balaban J connectivity index is 1.63. The van der Waals surface area contributed by atoms with Crippen LogP contribution in [0.2, 0.25) is 0 Å². The molecule has 1 aromatic carbocycles. The molecule has 1 fully saturated rings. The van der Waals surface area contributed by atoms with Crippen molar-refractivity contribution in [2.24, 2.45) is 0 Å². The van der Waals surface area contributed by atoms with Gasteiger partial charge >= 0.3 is 0 Å². The van der Waals surface area contributed by atoms with Gasteiger partial charge in [-0.1, -0.05) is 5.16 Å². The number of aryl methyl sites for hydroxylation is 1. The standard InChI is InChI=1S/C18H23N3O4/c1-13-10-14(19-25-13)12-20-6-3-7-21(9-8-20)18(23)16-5-4-15(24-2)11-17(16)22/h4-5,10-11,22H,3,6-9,12H2,1-2H3. The molecule has 0 bridgehead atoms. The minimum absolute atomic E-state index is 0.0523. The van der Waals surface area contributed by atoms with Crippen molar-refractivity contribution in [3.05, 3.63) is 41.3 Å². The number of benzene rings is 1. The minimum Gasteiger partial charge on any atom is -0.507 e. The second-order valence-electron chi connectivity index (χ2n) is 6.23. The third-order valence-electron chi connectivity index (χ3n) is 4.37. The summed E-state index contributed by atoms with van der Waals surface area (Å²) in [6, 6.07) is 6.69. The molecule has 2 heterocycles. The van der Waals surface area contributed by atoms with Gasteiger partial charge in [0.15, 0.2) is 0 Å². The van der Waals surface area contributed by atoms with Gasteiger partial charge in [-0.15, -0.1) is 0 Å². The predicted octanol–water partition coefficient (Wildman–Crippen LogP) is 2.05. The van der Waals surface area contributed by atoms with Crippen LogP contribution in [0.15, 0.2) is 28.8 Å². The molecule has 0 aliphatic carbocycles. The molecule has 2 aromatic rings. The minimum atomic E-state index is -0.153. The van der Waals surface area contributed by atoms with Crippen molar-refractivity contribution in [2.75, 3.05) is 33.3 Å². The summed E-state index contributed by atoms with van der Waals surface area (Å²) in [7, 11) is 1.52. The van der Waals surface area contributed by atoms with Crippen molar-refractivity contribution in [3.8, 4) is 11.5 Å². The van der Waals surface area contributed by atoms with Crippen LogP contribution in [0.4, 0.5) is 0 Å². The Morgan fingerprint density at radius 2 is 2.12 bits per heavy atom. The van der Waals surface area contributed by atoms with Crippen molar-refractivity contribution in [2.45, 2.75) is 19.9 Å². The van der Waals surface area contributed by atoms with E-state index in [-0.39, 0.29) is 11.7 Å². The molecule has 134 valence electrons. The van der Waals surface area contributed by atoms with Gasteiger partial charge < -0.3 is 19.3 Å². The Bertz CT molecular complexity index is 744. The van der Waals surface area contributed by atoms with E-state index in [0.717, 1.165) is 31.0 Å². The molecule has 7 heteroatoms. The van der Waals surface area contributed by atoms with E-state index in [1.807, 2.05) is 13.0 Å². The van der Waals surface area contributed by atoms with Crippen LogP contribution in [0.3, 0.4) is 0 Å². The number of methoxy groups -OCH3 is 1. The molecule has 0 unspecified atom stereocenters. The third kappa shape index (κ3) is 4.11. The van der Waals surface area contributed by atoms with Crippen molar-refractivity contribution in [3.63, 3.8) is 0 Å². The summed E-state index contributed by atoms with van der Waals surface area (Å²) in [6.07, 6.45) is 0.874. The summed E-state index contributed by atoms with van der Waals surface area (Å²) in [4.78, 5) is 16.8. The highest BCUT2D eigenvalue weighted by molar-refractivity contribution is 5.97. The molecule has 7 nitrogen and oxygen atoms in total. The van der Waals surface area contributed by atoms with E-state index in [4.69, 9.17) is 9.26 Å². The lowest BCUT2D eigenvalue weighted by Gasteiger charge is -2.22. The van der Waals surface area contributed by atoms with E-state index in [1.54, 1.807) is 17.0 Å². The zero-order valence-electron chi connectivity index (χ0n) is 14.6. The van der Waals surface area contributed by atoms with Gasteiger partial charge in [-0.2, -0.15) is 0 Å². The first-order valence-electron chi connectivity index (χ1n) is 8.37. The number of carbonyl (C=O) groups excluding carboxylic acids is 1. The fraction of sp³-hybridized carbons (Fsp3) is 0.444. The lowest BCUT2D eigenvalue weighted by Crippen LogP contribution is -2.35. The topological polar surface area (TPSA) is 79.0 Å². The van der Waals surface area contributed by atoms with Crippen molar-refractivity contribution < 1.29 is 19.2 Å². The summed E-state index contributed by atoms with van der Waals surface area (Å²) in [5, 5.41) is 14.1. The molecule has 0 saturated carbocycles. The molecule has 0 radical (unpaired) electrons. The fourth-order valence-corrected chi connectivity index (χ4v) is 3.04. The Kier molecular flexibility index (Phi) is 5.23. The highest BCUT2D eigenvalue weighted by Crippen LogP contribution is 2.25. The van der Waals surface area contributed by atoms with Gasteiger partial charge in [-0.25, -0.2) is 0 Å². The fourth-order valence-electron chi connectivity index (χ4n) is 3.04. The number of amides is 1. The molecular formula is C18H23N3O4. The van der Waals surface area contributed by atoms with Crippen LogP contribution in [-0.2, 0) is 6.54 Å². The number of phenols is 1. The average molecular weight is 345 g/mol. The Morgan fingerprint density at radius 3 is 2.80 bits per heavy atom. The summed E-state index contributed by atoms with van der Waals surface area (Å²) in [5.41, 5.74) is 1.21. The van der Waals surface area contributed by atoms with E-state index in [2.05, 4.69) is 10.1 Å². The smallest absolute Gasteiger partial charge is 0.257 e. The van der Waals surface area contributed by atoms with Crippen LogP contribution in [0.25, 0.3) is 0 Å². The number of hydrogen-bond acceptors (Lipinski definition) is 6. The monoisotopic (exact) mass is 345 g/mol. The molecule has 1 aliphatic rings. The molecule has 1 aromatic heterocycles. The second kappa shape index (κ2) is 7.57. The summed E-state index contributed by atoms with van der Waals surface area (Å²) < 4.78 is 10.2. The Hall–Kier alpha value is -2.54. The number of nitrogens with zero attached hydrogens (tertiary/aromatic N) is 3. The van der Waals surface area contributed by atoms with Crippen LogP contribution in [-0.4, -0.2) is 59.3 Å². The van der Waals surface area contributed by atoms with Crippen molar-refractivity contribution >= 4 is 5.91 Å². The van der Waals surface area contributed by atoms with Crippen molar-refractivity contribution in [1.82, 2.24) is 15.0 Å². The number of phenolic OH excluding ortho intramolecular Hbond substituents is 1. The SMILES string of the molecule is COc1ccc(C(=O)N2CCCN(Cc3cc(C)on3)CC2)c(O)c1. The van der Waals surface area contributed by atoms with Gasteiger partial charge in [0.1, 0.15) is 17.3 Å². The van der Waals surface area contributed by atoms with E-state index in [1.165, 1.54) is 13.2 Å². The Labute approximate surface area is 146 Å². The first-order chi connectivity index (χ1) is 12.1. The molecule has 1 amide bonds. The van der Waals surface area contributed by atoms with E-state index in [9.17, 15) is 9.90 Å². The number of aromatic nitrogens is 1. The summed E-state index contributed by atoms with van der Waals surface area (Å²) >= 11 is 0. The molecule has 1 aliphatic heterocycles. The molecular weight excluding hydrogens is 322 g/mol. The van der Waals surface area contributed by atoms with Crippen LogP contribution < -0.4 is 4.74 Å². The lowest BCUT2D eigenvalue weighted by molar-refractivity contribution is 0.0758. The normalized spacial score (nSPS) is 15.8. The van der Waals surface area contributed by atoms with Gasteiger partial charge in [0, 0.05) is 44.9 Å². The van der Waals surface area contributed by atoms with Gasteiger partial charge in [-0.05, 0) is 25.5 Å². The second-order valence-corrected chi connectivity index (χ2v) is 6.23. The molecule has 0 atom stereocenters. The van der Waals surface area contributed by atoms with E-state index in [0.29, 0.717) is 30.9 Å². The van der Waals surface area contributed by atoms with E-state index >= 15 is 0 Å². The highest BCUT2D eigenvalue weighted by atomic mass is 16.5. The van der Waals surface area contributed by atoms with Gasteiger partial charge in [0.2, 0.25) is 0 Å². The highest BCUT2D eigenvalue weighted by Gasteiger charge is 2.23. The molecule has 1 saturated heterocycles. The maximum absolute atomic E-state index is 12.7. The molecule has 0 spiro atoms.